The number of Topliss-reactive ketones (excluding diaryl/α,β-unsaturated/α-hetero) is 1. The number of aromatic nitrogens is 1. The van der Waals surface area contributed by atoms with Crippen molar-refractivity contribution in [2.24, 2.45) is 11.3 Å². The highest BCUT2D eigenvalue weighted by Gasteiger charge is 2.52. The Morgan fingerprint density at radius 1 is 1.29 bits per heavy atom. The lowest BCUT2D eigenvalue weighted by molar-refractivity contribution is -0.126. The van der Waals surface area contributed by atoms with Gasteiger partial charge in [0.1, 0.15) is 23.6 Å². The number of carbonyl (C=O) groups is 3. The molecular formula is C25H26Cl2N4O3. The lowest BCUT2D eigenvalue weighted by atomic mass is 9.67. The van der Waals surface area contributed by atoms with E-state index in [1.54, 1.807) is 23.1 Å². The fraction of sp³-hybridized carbons (Fsp3) is 0.520. The number of nitrogens with zero attached hydrogens (tertiary/aromatic N) is 2. The van der Waals surface area contributed by atoms with E-state index in [4.69, 9.17) is 23.2 Å². The minimum atomic E-state index is -0.747. The van der Waals surface area contributed by atoms with E-state index < -0.39 is 12.1 Å². The number of nitrogens with one attached hydrogen (secondary N) is 2. The Kier molecular flexibility index (Phi) is 6.07. The minimum Gasteiger partial charge on any atom is -0.349 e. The fourth-order valence-electron chi connectivity index (χ4n) is 5.79. The van der Waals surface area contributed by atoms with Gasteiger partial charge in [0.25, 0.3) is 5.91 Å². The second kappa shape index (κ2) is 8.90. The number of hydrogen-bond donors (Lipinski definition) is 2. The van der Waals surface area contributed by atoms with Gasteiger partial charge < -0.3 is 15.2 Å². The molecule has 0 radical (unpaired) electrons. The Morgan fingerprint density at radius 3 is 2.74 bits per heavy atom. The van der Waals surface area contributed by atoms with Gasteiger partial charge in [-0.3, -0.25) is 14.4 Å². The quantitative estimate of drug-likeness (QED) is 0.623. The number of benzene rings is 1. The van der Waals surface area contributed by atoms with Gasteiger partial charge >= 0.3 is 0 Å². The second-order valence-electron chi connectivity index (χ2n) is 10.00. The zero-order valence-electron chi connectivity index (χ0n) is 18.7. The maximum Gasteiger partial charge on any atom is 0.271 e. The van der Waals surface area contributed by atoms with E-state index in [-0.39, 0.29) is 28.9 Å². The van der Waals surface area contributed by atoms with E-state index >= 15 is 0 Å². The minimum absolute atomic E-state index is 0.0474. The van der Waals surface area contributed by atoms with Gasteiger partial charge in [0, 0.05) is 24.3 Å². The van der Waals surface area contributed by atoms with E-state index in [0.29, 0.717) is 47.1 Å². The molecular weight excluding hydrogens is 475 g/mol. The number of likely N-dealkylation sites (tertiary alicyclic amines) is 1. The predicted octanol–water partition coefficient (Wildman–Crippen LogP) is 4.63. The molecule has 0 bridgehead atoms. The van der Waals surface area contributed by atoms with Crippen molar-refractivity contribution in [1.29, 1.82) is 5.26 Å². The number of ketones is 1. The van der Waals surface area contributed by atoms with Crippen molar-refractivity contribution in [3.05, 3.63) is 33.9 Å². The molecule has 3 atom stereocenters. The third kappa shape index (κ3) is 4.08. The van der Waals surface area contributed by atoms with Crippen LogP contribution in [-0.4, -0.2) is 46.1 Å². The zero-order valence-corrected chi connectivity index (χ0v) is 20.2. The van der Waals surface area contributed by atoms with Crippen LogP contribution in [0.25, 0.3) is 10.9 Å². The molecule has 178 valence electrons. The first-order valence-electron chi connectivity index (χ1n) is 11.8. The van der Waals surface area contributed by atoms with Crippen LogP contribution in [0.1, 0.15) is 61.9 Å². The molecule has 2 aliphatic carbocycles. The topological polar surface area (TPSA) is 106 Å². The highest BCUT2D eigenvalue weighted by molar-refractivity contribution is 6.45. The molecule has 1 aromatic carbocycles. The standard InChI is InChI=1S/C25H26Cl2N4O3/c26-17-6-5-15-10-18(30-22(15)21(17)27)24(34)31-13-25(7-2-8-25)11-19(31)23(33)29-16(12-28)9-14-3-1-4-20(14)32/h5-6,10,14,16,19,30H,1-4,7-9,11,13H2,(H,29,33). The van der Waals surface area contributed by atoms with Gasteiger partial charge in [0.15, 0.2) is 0 Å². The lowest BCUT2D eigenvalue weighted by Crippen LogP contribution is -2.49. The summed E-state index contributed by atoms with van der Waals surface area (Å²) < 4.78 is 0. The molecule has 2 saturated carbocycles. The van der Waals surface area contributed by atoms with Crippen molar-refractivity contribution in [3.63, 3.8) is 0 Å². The monoisotopic (exact) mass is 500 g/mol. The predicted molar refractivity (Wildman–Crippen MR) is 129 cm³/mol. The van der Waals surface area contributed by atoms with Gasteiger partial charge in [-0.1, -0.05) is 35.7 Å². The smallest absolute Gasteiger partial charge is 0.271 e. The van der Waals surface area contributed by atoms with E-state index in [9.17, 15) is 19.6 Å². The molecule has 1 aromatic heterocycles. The third-order valence-corrected chi connectivity index (χ3v) is 8.63. The molecule has 2 aromatic rings. The van der Waals surface area contributed by atoms with Gasteiger partial charge in [0.05, 0.1) is 21.6 Å². The summed E-state index contributed by atoms with van der Waals surface area (Å²) in [4.78, 5) is 43.6. The molecule has 5 rings (SSSR count). The van der Waals surface area contributed by atoms with Crippen molar-refractivity contribution in [3.8, 4) is 6.07 Å². The van der Waals surface area contributed by atoms with Crippen LogP contribution in [-0.2, 0) is 9.59 Å². The summed E-state index contributed by atoms with van der Waals surface area (Å²) >= 11 is 12.4. The number of halogens is 2. The van der Waals surface area contributed by atoms with Crippen LogP contribution in [0.15, 0.2) is 18.2 Å². The molecule has 34 heavy (non-hydrogen) atoms. The maximum absolute atomic E-state index is 13.6. The Labute approximate surface area is 207 Å². The molecule has 3 aliphatic rings. The molecule has 7 nitrogen and oxygen atoms in total. The fourth-order valence-corrected chi connectivity index (χ4v) is 6.16. The molecule has 3 fully saturated rings. The highest BCUT2D eigenvalue weighted by Crippen LogP contribution is 2.50. The molecule has 1 aliphatic heterocycles. The van der Waals surface area contributed by atoms with Gasteiger partial charge in [0.2, 0.25) is 5.91 Å². The van der Waals surface area contributed by atoms with Crippen LogP contribution < -0.4 is 5.32 Å². The van der Waals surface area contributed by atoms with Crippen molar-refractivity contribution in [1.82, 2.24) is 15.2 Å². The van der Waals surface area contributed by atoms with Crippen LogP contribution in [0, 0.1) is 22.7 Å². The van der Waals surface area contributed by atoms with Gasteiger partial charge in [-0.25, -0.2) is 0 Å². The Bertz CT molecular complexity index is 1210. The number of carbonyl (C=O) groups excluding carboxylic acids is 3. The van der Waals surface area contributed by atoms with Crippen LogP contribution in [0.3, 0.4) is 0 Å². The summed E-state index contributed by atoms with van der Waals surface area (Å²) in [6.45, 7) is 0.506. The first kappa shape index (κ1) is 23.2. The van der Waals surface area contributed by atoms with Gasteiger partial charge in [-0.05, 0) is 56.1 Å². The van der Waals surface area contributed by atoms with E-state index in [1.165, 1.54) is 0 Å². The normalized spacial score (nSPS) is 24.3. The second-order valence-corrected chi connectivity index (χ2v) is 10.8. The van der Waals surface area contributed by atoms with E-state index in [1.807, 2.05) is 0 Å². The summed E-state index contributed by atoms with van der Waals surface area (Å²) in [5.41, 5.74) is 0.886. The average molecular weight is 501 g/mol. The van der Waals surface area contributed by atoms with Crippen molar-refractivity contribution in [2.75, 3.05) is 6.54 Å². The van der Waals surface area contributed by atoms with Crippen molar-refractivity contribution < 1.29 is 14.4 Å². The molecule has 1 spiro atoms. The summed E-state index contributed by atoms with van der Waals surface area (Å²) in [5.74, 6) is -0.608. The van der Waals surface area contributed by atoms with E-state index in [0.717, 1.165) is 37.5 Å². The Hall–Kier alpha value is -2.56. The summed E-state index contributed by atoms with van der Waals surface area (Å²) in [5, 5.41) is 14.0. The molecule has 1 saturated heterocycles. The van der Waals surface area contributed by atoms with Crippen LogP contribution in [0.2, 0.25) is 10.0 Å². The number of aromatic amines is 1. The molecule has 2 amide bonds. The third-order valence-electron chi connectivity index (χ3n) is 7.83. The highest BCUT2D eigenvalue weighted by atomic mass is 35.5. The lowest BCUT2D eigenvalue weighted by Gasteiger charge is -2.37. The van der Waals surface area contributed by atoms with E-state index in [2.05, 4.69) is 16.4 Å². The van der Waals surface area contributed by atoms with Crippen molar-refractivity contribution >= 4 is 51.7 Å². The molecule has 3 unspecified atom stereocenters. The average Bonchev–Trinajstić information content (AvgIpc) is 3.52. The van der Waals surface area contributed by atoms with Crippen LogP contribution in [0.4, 0.5) is 0 Å². The summed E-state index contributed by atoms with van der Waals surface area (Å²) in [6.07, 6.45) is 6.09. The molecule has 2 heterocycles. The number of hydrogen-bond acceptors (Lipinski definition) is 4. The van der Waals surface area contributed by atoms with Crippen molar-refractivity contribution in [2.45, 2.75) is 63.5 Å². The number of rotatable bonds is 5. The van der Waals surface area contributed by atoms with Crippen LogP contribution >= 0.6 is 23.2 Å². The number of H-pyrrole nitrogens is 1. The number of amides is 2. The van der Waals surface area contributed by atoms with Gasteiger partial charge in [-0.2, -0.15) is 5.26 Å². The summed E-state index contributed by atoms with van der Waals surface area (Å²) in [7, 11) is 0. The molecule has 9 heteroatoms. The number of fused-ring (bicyclic) bond motifs is 1. The Morgan fingerprint density at radius 2 is 2.09 bits per heavy atom. The largest absolute Gasteiger partial charge is 0.349 e. The zero-order chi connectivity index (χ0) is 24.0. The summed E-state index contributed by atoms with van der Waals surface area (Å²) in [6, 6.07) is 5.93. The first-order valence-corrected chi connectivity index (χ1v) is 12.6. The first-order chi connectivity index (χ1) is 16.3. The SMILES string of the molecule is N#CC(CC1CCCC1=O)NC(=O)C1CC2(CCC2)CN1C(=O)c1cc2ccc(Cl)c(Cl)c2[nH]1. The Balaban J connectivity index is 1.36. The molecule has 2 N–H and O–H groups in total. The van der Waals surface area contributed by atoms with Gasteiger partial charge in [-0.15, -0.1) is 0 Å². The number of nitriles is 1. The van der Waals surface area contributed by atoms with Crippen LogP contribution in [0.5, 0.6) is 0 Å². The maximum atomic E-state index is 13.6.